The molecule has 44 heavy (non-hydrogen) atoms. The minimum Gasteiger partial charge on any atom is -0.496 e. The molecule has 234 valence electrons. The first-order valence-electron chi connectivity index (χ1n) is 15.8. The van der Waals surface area contributed by atoms with Gasteiger partial charge in [-0.2, -0.15) is 0 Å². The van der Waals surface area contributed by atoms with Crippen molar-refractivity contribution in [2.45, 2.75) is 63.6 Å². The Hall–Kier alpha value is -3.72. The molecule has 0 radical (unpaired) electrons. The zero-order valence-electron chi connectivity index (χ0n) is 25.6. The lowest BCUT2D eigenvalue weighted by molar-refractivity contribution is 0.0206. The molecule has 2 saturated heterocycles. The summed E-state index contributed by atoms with van der Waals surface area (Å²) >= 11 is 0. The maximum absolute atomic E-state index is 15.0. The Labute approximate surface area is 257 Å². The monoisotopic (exact) mass is 604 g/mol. The van der Waals surface area contributed by atoms with Gasteiger partial charge in [-0.1, -0.05) is 31.0 Å². The second-order valence-corrected chi connectivity index (χ2v) is 12.8. The van der Waals surface area contributed by atoms with Gasteiger partial charge in [-0.05, 0) is 86.4 Å². The molecular weight excluding hydrogens is 562 g/mol. The predicted octanol–water partition coefficient (Wildman–Crippen LogP) is 6.23. The van der Waals surface area contributed by atoms with E-state index in [1.165, 1.54) is 6.07 Å². The number of hydrogen-bond donors (Lipinski definition) is 1. The molecule has 1 aliphatic carbocycles. The molecule has 0 bridgehead atoms. The third kappa shape index (κ3) is 5.86. The number of carbonyl (C=O) groups excluding carboxylic acids is 1. The normalized spacial score (nSPS) is 23.2. The van der Waals surface area contributed by atoms with E-state index in [2.05, 4.69) is 5.32 Å². The summed E-state index contributed by atoms with van der Waals surface area (Å²) in [5.41, 5.74) is 1.82. The topological polar surface area (TPSA) is 66.8 Å². The Balaban J connectivity index is 1.21. The van der Waals surface area contributed by atoms with E-state index in [1.807, 2.05) is 53.0 Å². The van der Waals surface area contributed by atoms with Crippen molar-refractivity contribution < 1.29 is 18.3 Å². The molecule has 3 aliphatic rings. The molecule has 9 heteroatoms. The molecule has 1 spiro atoms. The predicted molar refractivity (Wildman–Crippen MR) is 167 cm³/mol. The summed E-state index contributed by atoms with van der Waals surface area (Å²) < 4.78 is 36.5. The van der Waals surface area contributed by atoms with Crippen LogP contribution >= 0.6 is 0 Å². The number of amides is 2. The number of methoxy groups -OCH3 is 1. The van der Waals surface area contributed by atoms with Gasteiger partial charge in [0.15, 0.2) is 0 Å². The second-order valence-electron chi connectivity index (χ2n) is 12.8. The van der Waals surface area contributed by atoms with Crippen LogP contribution in [0.1, 0.15) is 56.6 Å². The molecule has 7 nitrogen and oxygen atoms in total. The number of pyridine rings is 1. The molecule has 3 heterocycles. The van der Waals surface area contributed by atoms with Crippen LogP contribution in [0, 0.1) is 23.0 Å². The molecule has 0 unspecified atom stereocenters. The van der Waals surface area contributed by atoms with Gasteiger partial charge in [0.25, 0.3) is 5.56 Å². The van der Waals surface area contributed by atoms with Crippen LogP contribution in [-0.2, 0) is 6.54 Å². The fourth-order valence-corrected chi connectivity index (χ4v) is 7.95. The molecule has 2 amide bonds. The van der Waals surface area contributed by atoms with E-state index in [1.54, 1.807) is 18.1 Å². The SMILES string of the molecule is CN[C@@H]1CCN(C(=O)N2CC[C@@H](Cn3ccc(-c4ccccc4OC)cc3=O)C3(CCCC3)C2)[C@H](c2cc(F)ccc2F)C1. The average molecular weight is 605 g/mol. The number of rotatable bonds is 6. The van der Waals surface area contributed by atoms with Crippen LogP contribution in [0.2, 0.25) is 0 Å². The van der Waals surface area contributed by atoms with Crippen LogP contribution in [0.4, 0.5) is 13.6 Å². The number of likely N-dealkylation sites (tertiary alicyclic amines) is 2. The van der Waals surface area contributed by atoms with Gasteiger partial charge in [0, 0.05) is 55.6 Å². The highest BCUT2D eigenvalue weighted by Gasteiger charge is 2.47. The van der Waals surface area contributed by atoms with Crippen molar-refractivity contribution in [2.24, 2.45) is 11.3 Å². The van der Waals surface area contributed by atoms with Gasteiger partial charge in [-0.25, -0.2) is 13.6 Å². The van der Waals surface area contributed by atoms with Gasteiger partial charge in [0.2, 0.25) is 0 Å². The summed E-state index contributed by atoms with van der Waals surface area (Å²) in [6.07, 6.45) is 8.18. The first kappa shape index (κ1) is 30.3. The lowest BCUT2D eigenvalue weighted by Crippen LogP contribution is -2.57. The number of aromatic nitrogens is 1. The second kappa shape index (κ2) is 12.7. The van der Waals surface area contributed by atoms with E-state index >= 15 is 0 Å². The Morgan fingerprint density at radius 3 is 2.59 bits per heavy atom. The number of carbonyl (C=O) groups is 1. The van der Waals surface area contributed by atoms with Crippen LogP contribution in [-0.4, -0.2) is 60.2 Å². The van der Waals surface area contributed by atoms with Crippen molar-refractivity contribution in [1.82, 2.24) is 19.7 Å². The van der Waals surface area contributed by atoms with E-state index in [0.717, 1.165) is 67.5 Å². The van der Waals surface area contributed by atoms with Crippen molar-refractivity contribution in [2.75, 3.05) is 33.8 Å². The summed E-state index contributed by atoms with van der Waals surface area (Å²) in [7, 11) is 3.50. The number of nitrogens with zero attached hydrogens (tertiary/aromatic N) is 3. The summed E-state index contributed by atoms with van der Waals surface area (Å²) in [5, 5.41) is 3.27. The van der Waals surface area contributed by atoms with Crippen LogP contribution in [0.15, 0.2) is 65.6 Å². The van der Waals surface area contributed by atoms with Crippen LogP contribution in [0.25, 0.3) is 11.1 Å². The van der Waals surface area contributed by atoms with Crippen molar-refractivity contribution in [3.05, 3.63) is 88.3 Å². The number of urea groups is 1. The maximum atomic E-state index is 15.0. The molecule has 3 aromatic rings. The van der Waals surface area contributed by atoms with E-state index < -0.39 is 17.7 Å². The maximum Gasteiger partial charge on any atom is 0.320 e. The van der Waals surface area contributed by atoms with E-state index in [4.69, 9.17) is 4.74 Å². The average Bonchev–Trinajstić information content (AvgIpc) is 3.51. The summed E-state index contributed by atoms with van der Waals surface area (Å²) in [6, 6.07) is 14.3. The molecular formula is C35H42F2N4O3. The standard InChI is InChI=1S/C35H42F2N4O3/c1-38-27-13-18-41(31(21-27)29-20-26(36)9-10-30(29)37)34(43)40-17-12-25(35(23-40)14-5-6-15-35)22-39-16-11-24(19-33(39)42)28-7-3-4-8-32(28)44-2/h3-4,7-11,16,19-20,25,27,31,38H,5-6,12-15,17-18,21-23H2,1-2H3/t25-,27+,31-/m0/s1. The van der Waals surface area contributed by atoms with E-state index in [0.29, 0.717) is 32.6 Å². The summed E-state index contributed by atoms with van der Waals surface area (Å²) in [6.45, 7) is 2.28. The van der Waals surface area contributed by atoms with Crippen LogP contribution < -0.4 is 15.6 Å². The highest BCUT2D eigenvalue weighted by atomic mass is 19.1. The number of piperidine rings is 2. The smallest absolute Gasteiger partial charge is 0.320 e. The quantitative estimate of drug-likeness (QED) is 0.362. The third-order valence-corrected chi connectivity index (χ3v) is 10.4. The Morgan fingerprint density at radius 2 is 1.84 bits per heavy atom. The van der Waals surface area contributed by atoms with Crippen LogP contribution in [0.3, 0.4) is 0 Å². The number of halogens is 2. The van der Waals surface area contributed by atoms with Gasteiger partial charge in [-0.3, -0.25) is 4.79 Å². The molecule has 3 fully saturated rings. The van der Waals surface area contributed by atoms with E-state index in [9.17, 15) is 18.4 Å². The Bertz CT molecular complexity index is 1550. The molecule has 1 N–H and O–H groups in total. The zero-order valence-corrected chi connectivity index (χ0v) is 25.6. The van der Waals surface area contributed by atoms with Crippen molar-refractivity contribution in [1.29, 1.82) is 0 Å². The molecule has 1 saturated carbocycles. The number of benzene rings is 2. The molecule has 2 aromatic carbocycles. The highest BCUT2D eigenvalue weighted by Crippen LogP contribution is 2.49. The van der Waals surface area contributed by atoms with Gasteiger partial charge >= 0.3 is 6.03 Å². The first-order chi connectivity index (χ1) is 21.3. The lowest BCUT2D eigenvalue weighted by atomic mass is 9.69. The summed E-state index contributed by atoms with van der Waals surface area (Å²) in [4.78, 5) is 31.2. The fraction of sp³-hybridized carbons (Fsp3) is 0.486. The van der Waals surface area contributed by atoms with Crippen molar-refractivity contribution >= 4 is 6.03 Å². The number of hydrogen-bond acceptors (Lipinski definition) is 4. The number of ether oxygens (including phenoxy) is 1. The van der Waals surface area contributed by atoms with Gasteiger partial charge < -0.3 is 24.4 Å². The fourth-order valence-electron chi connectivity index (χ4n) is 7.95. The van der Waals surface area contributed by atoms with Crippen molar-refractivity contribution in [3.63, 3.8) is 0 Å². The molecule has 3 atom stereocenters. The number of para-hydroxylation sites is 1. The Morgan fingerprint density at radius 1 is 1.05 bits per heavy atom. The van der Waals surface area contributed by atoms with E-state index in [-0.39, 0.29) is 34.5 Å². The molecule has 2 aliphatic heterocycles. The number of nitrogens with one attached hydrogen (secondary N) is 1. The summed E-state index contributed by atoms with van der Waals surface area (Å²) in [5.74, 6) is -0.00381. The zero-order chi connectivity index (χ0) is 30.8. The van der Waals surface area contributed by atoms with Crippen molar-refractivity contribution in [3.8, 4) is 16.9 Å². The molecule has 6 rings (SSSR count). The lowest BCUT2D eigenvalue weighted by Gasteiger charge is -2.49. The largest absolute Gasteiger partial charge is 0.496 e. The Kier molecular flexibility index (Phi) is 8.76. The highest BCUT2D eigenvalue weighted by molar-refractivity contribution is 5.75. The first-order valence-corrected chi connectivity index (χ1v) is 15.8. The van der Waals surface area contributed by atoms with Gasteiger partial charge in [0.05, 0.1) is 13.2 Å². The third-order valence-electron chi connectivity index (χ3n) is 10.4. The van der Waals surface area contributed by atoms with Crippen LogP contribution in [0.5, 0.6) is 5.75 Å². The van der Waals surface area contributed by atoms with Gasteiger partial charge in [-0.15, -0.1) is 0 Å². The minimum atomic E-state index is -0.540. The molecule has 1 aromatic heterocycles. The minimum absolute atomic E-state index is 0.0487. The van der Waals surface area contributed by atoms with Gasteiger partial charge in [0.1, 0.15) is 17.4 Å².